The van der Waals surface area contributed by atoms with Crippen LogP contribution in [0.15, 0.2) is 42.5 Å². The number of aryl methyl sites for hydroxylation is 1. The zero-order valence-corrected chi connectivity index (χ0v) is 19.2. The lowest BCUT2D eigenvalue weighted by Crippen LogP contribution is -2.34. The first-order valence-corrected chi connectivity index (χ1v) is 12.0. The van der Waals surface area contributed by atoms with Crippen LogP contribution < -0.4 is 0 Å². The molecule has 2 fully saturated rings. The van der Waals surface area contributed by atoms with E-state index in [0.29, 0.717) is 30.1 Å². The monoisotopic (exact) mass is 445 g/mol. The first-order valence-electron chi connectivity index (χ1n) is 11.6. The van der Waals surface area contributed by atoms with E-state index in [-0.39, 0.29) is 5.78 Å². The van der Waals surface area contributed by atoms with Crippen LogP contribution in [0.5, 0.6) is 0 Å². The number of hydrogen-bond donors (Lipinski definition) is 0. The molecule has 0 aliphatic carbocycles. The van der Waals surface area contributed by atoms with E-state index in [4.69, 9.17) is 16.9 Å². The SMILES string of the molecule is Cc1c(C(=O)CN2C3CCC2CC3)c2ccc(CCCC#N)cc2n1-c1ccc(Cl)cc1. The highest BCUT2D eigenvalue weighted by Crippen LogP contribution is 2.38. The second kappa shape index (κ2) is 8.73. The van der Waals surface area contributed by atoms with Crippen molar-refractivity contribution in [2.45, 2.75) is 64.0 Å². The molecule has 0 atom stereocenters. The van der Waals surface area contributed by atoms with Gasteiger partial charge < -0.3 is 4.57 Å². The Morgan fingerprint density at radius 1 is 1.09 bits per heavy atom. The summed E-state index contributed by atoms with van der Waals surface area (Å²) >= 11 is 6.14. The van der Waals surface area contributed by atoms with E-state index in [1.165, 1.54) is 31.2 Å². The number of halogens is 1. The minimum Gasteiger partial charge on any atom is -0.313 e. The molecule has 2 aromatic carbocycles. The summed E-state index contributed by atoms with van der Waals surface area (Å²) in [6.45, 7) is 2.57. The van der Waals surface area contributed by atoms with Crippen LogP contribution in [-0.4, -0.2) is 33.9 Å². The number of nitrogens with zero attached hydrogens (tertiary/aromatic N) is 3. The average molecular weight is 446 g/mol. The Kier molecular flexibility index (Phi) is 5.80. The molecule has 0 spiro atoms. The van der Waals surface area contributed by atoms with Crippen LogP contribution in [-0.2, 0) is 6.42 Å². The van der Waals surface area contributed by atoms with Crippen molar-refractivity contribution in [3.63, 3.8) is 0 Å². The van der Waals surface area contributed by atoms with Crippen LogP contribution in [0.2, 0.25) is 5.02 Å². The maximum atomic E-state index is 13.6. The number of fused-ring (bicyclic) bond motifs is 3. The van der Waals surface area contributed by atoms with Gasteiger partial charge in [-0.2, -0.15) is 5.26 Å². The number of hydrogen-bond acceptors (Lipinski definition) is 3. The van der Waals surface area contributed by atoms with Gasteiger partial charge in [0.15, 0.2) is 5.78 Å². The average Bonchev–Trinajstić information content (AvgIpc) is 3.44. The summed E-state index contributed by atoms with van der Waals surface area (Å²) in [5, 5.41) is 10.6. The van der Waals surface area contributed by atoms with Crippen LogP contribution >= 0.6 is 11.6 Å². The van der Waals surface area contributed by atoms with Crippen molar-refractivity contribution < 1.29 is 4.79 Å². The summed E-state index contributed by atoms with van der Waals surface area (Å²) in [4.78, 5) is 16.1. The lowest BCUT2D eigenvalue weighted by atomic mass is 10.0. The second-order valence-corrected chi connectivity index (χ2v) is 9.63. The number of Topliss-reactive ketones (excluding diaryl/α,β-unsaturated/α-hetero) is 1. The number of carbonyl (C=O) groups excluding carboxylic acids is 1. The molecule has 0 amide bonds. The molecule has 0 saturated carbocycles. The van der Waals surface area contributed by atoms with Crippen LogP contribution in [0, 0.1) is 18.3 Å². The summed E-state index contributed by atoms with van der Waals surface area (Å²) in [7, 11) is 0. The van der Waals surface area contributed by atoms with Gasteiger partial charge in [-0.05, 0) is 81.3 Å². The molecule has 1 aromatic heterocycles. The fourth-order valence-corrected chi connectivity index (χ4v) is 5.91. The first kappa shape index (κ1) is 21.2. The first-order chi connectivity index (χ1) is 15.6. The predicted octanol–water partition coefficient (Wildman–Crippen LogP) is 6.25. The summed E-state index contributed by atoms with van der Waals surface area (Å²) in [5.74, 6) is 0.219. The zero-order chi connectivity index (χ0) is 22.2. The van der Waals surface area contributed by atoms with E-state index < -0.39 is 0 Å². The molecule has 5 rings (SSSR count). The zero-order valence-electron chi connectivity index (χ0n) is 18.5. The van der Waals surface area contributed by atoms with E-state index in [0.717, 1.165) is 40.7 Å². The van der Waals surface area contributed by atoms with Gasteiger partial charge in [-0.25, -0.2) is 0 Å². The van der Waals surface area contributed by atoms with E-state index in [1.807, 2.05) is 24.3 Å². The van der Waals surface area contributed by atoms with Crippen molar-refractivity contribution in [1.82, 2.24) is 9.47 Å². The third-order valence-corrected chi connectivity index (χ3v) is 7.57. The Morgan fingerprint density at radius 3 is 2.44 bits per heavy atom. The van der Waals surface area contributed by atoms with Crippen LogP contribution in [0.3, 0.4) is 0 Å². The van der Waals surface area contributed by atoms with E-state index in [1.54, 1.807) is 0 Å². The molecule has 2 aliphatic heterocycles. The minimum absolute atomic E-state index is 0.219. The minimum atomic E-state index is 0.219. The number of benzene rings is 2. The Balaban J connectivity index is 1.57. The van der Waals surface area contributed by atoms with Crippen LogP contribution in [0.25, 0.3) is 16.6 Å². The van der Waals surface area contributed by atoms with Gasteiger partial charge in [-0.15, -0.1) is 0 Å². The van der Waals surface area contributed by atoms with Crippen LogP contribution in [0.4, 0.5) is 0 Å². The van der Waals surface area contributed by atoms with Crippen molar-refractivity contribution in [3.8, 4) is 11.8 Å². The smallest absolute Gasteiger partial charge is 0.179 e. The Labute approximate surface area is 194 Å². The Bertz CT molecular complexity index is 1180. The number of rotatable bonds is 7. The van der Waals surface area contributed by atoms with Gasteiger partial charge >= 0.3 is 0 Å². The van der Waals surface area contributed by atoms with Crippen molar-refractivity contribution in [3.05, 3.63) is 64.3 Å². The van der Waals surface area contributed by atoms with Crippen molar-refractivity contribution in [1.29, 1.82) is 5.26 Å². The molecule has 3 aromatic rings. The van der Waals surface area contributed by atoms with Crippen molar-refractivity contribution in [2.75, 3.05) is 6.54 Å². The number of unbranched alkanes of at least 4 members (excludes halogenated alkanes) is 1. The molecule has 2 saturated heterocycles. The summed E-state index contributed by atoms with van der Waals surface area (Å²) in [5.41, 5.74) is 5.06. The van der Waals surface area contributed by atoms with Crippen molar-refractivity contribution >= 4 is 28.3 Å². The number of aromatic nitrogens is 1. The van der Waals surface area contributed by atoms with E-state index >= 15 is 0 Å². The molecule has 32 heavy (non-hydrogen) atoms. The quantitative estimate of drug-likeness (QED) is 0.319. The fraction of sp³-hybridized carbons (Fsp3) is 0.407. The number of carbonyl (C=O) groups is 1. The third kappa shape index (κ3) is 3.74. The molecule has 3 heterocycles. The second-order valence-electron chi connectivity index (χ2n) is 9.19. The van der Waals surface area contributed by atoms with Gasteiger partial charge in [0.25, 0.3) is 0 Å². The van der Waals surface area contributed by atoms with Gasteiger partial charge in [-0.1, -0.05) is 23.7 Å². The lowest BCUT2D eigenvalue weighted by Gasteiger charge is -2.20. The van der Waals surface area contributed by atoms with Gasteiger partial charge in [-0.3, -0.25) is 9.69 Å². The van der Waals surface area contributed by atoms with Crippen LogP contribution in [0.1, 0.15) is 60.1 Å². The van der Waals surface area contributed by atoms with Gasteiger partial charge in [0.05, 0.1) is 18.1 Å². The molecule has 4 nitrogen and oxygen atoms in total. The number of ketones is 1. The highest BCUT2D eigenvalue weighted by Gasteiger charge is 2.40. The third-order valence-electron chi connectivity index (χ3n) is 7.32. The molecule has 0 unspecified atom stereocenters. The highest BCUT2D eigenvalue weighted by atomic mass is 35.5. The van der Waals surface area contributed by atoms with Gasteiger partial charge in [0, 0.05) is 45.9 Å². The molecular formula is C27H28ClN3O. The standard InChI is InChI=1S/C27H28ClN3O/c1-18-27(26(32)17-30-21-10-11-22(30)13-12-21)24-14-5-19(4-2-3-15-29)16-25(24)31(18)23-8-6-20(28)7-9-23/h5-9,14,16,21-22H,2-4,10-13,17H2,1H3. The molecule has 2 bridgehead atoms. The maximum Gasteiger partial charge on any atom is 0.179 e. The number of nitriles is 1. The summed E-state index contributed by atoms with van der Waals surface area (Å²) < 4.78 is 2.19. The lowest BCUT2D eigenvalue weighted by molar-refractivity contribution is 0.0919. The topological polar surface area (TPSA) is 49.0 Å². The molecule has 0 radical (unpaired) electrons. The molecule has 2 aliphatic rings. The summed E-state index contributed by atoms with van der Waals surface area (Å²) in [6.07, 6.45) is 7.17. The molecular weight excluding hydrogens is 418 g/mol. The normalized spacial score (nSPS) is 20.2. The molecule has 0 N–H and O–H groups in total. The maximum absolute atomic E-state index is 13.6. The summed E-state index contributed by atoms with van der Waals surface area (Å²) in [6, 6.07) is 17.6. The van der Waals surface area contributed by atoms with Crippen molar-refractivity contribution in [2.24, 2.45) is 0 Å². The molecule has 5 heteroatoms. The van der Waals surface area contributed by atoms with E-state index in [9.17, 15) is 4.79 Å². The largest absolute Gasteiger partial charge is 0.313 e. The Hall–Kier alpha value is -2.61. The van der Waals surface area contributed by atoms with Gasteiger partial charge in [0.2, 0.25) is 0 Å². The highest BCUT2D eigenvalue weighted by molar-refractivity contribution is 6.30. The van der Waals surface area contributed by atoms with Gasteiger partial charge in [0.1, 0.15) is 0 Å². The Morgan fingerprint density at radius 2 is 1.78 bits per heavy atom. The fourth-order valence-electron chi connectivity index (χ4n) is 5.79. The molecule has 164 valence electrons. The van der Waals surface area contributed by atoms with E-state index in [2.05, 4.69) is 40.7 Å². The predicted molar refractivity (Wildman–Crippen MR) is 129 cm³/mol.